The first-order valence-corrected chi connectivity index (χ1v) is 15.9. The normalized spacial score (nSPS) is 11.7. The Morgan fingerprint density at radius 2 is 1.59 bits per heavy atom. The average Bonchev–Trinajstić information content (AvgIpc) is 3.05. The minimum Gasteiger partial charge on any atom is -0.497 e. The molecule has 240 valence electrons. The van der Waals surface area contributed by atoms with Crippen LogP contribution in [0.1, 0.15) is 22.3 Å². The van der Waals surface area contributed by atoms with Crippen molar-refractivity contribution in [3.05, 3.63) is 129 Å². The highest BCUT2D eigenvalue weighted by molar-refractivity contribution is 7.92. The highest BCUT2D eigenvalue weighted by atomic mass is 32.2. The number of nitro benzene ring substituents is 1. The summed E-state index contributed by atoms with van der Waals surface area (Å²) < 4.78 is 34.5. The summed E-state index contributed by atoms with van der Waals surface area (Å²) in [5.74, 6) is -0.605. The number of methoxy groups -OCH3 is 1. The summed E-state index contributed by atoms with van der Waals surface area (Å²) in [6.45, 7) is 2.76. The van der Waals surface area contributed by atoms with Crippen LogP contribution in [-0.4, -0.2) is 56.8 Å². The van der Waals surface area contributed by atoms with E-state index in [0.717, 1.165) is 27.1 Å². The number of sulfonamides is 1. The molecule has 0 fully saturated rings. The number of ether oxygens (including phenoxy) is 1. The fourth-order valence-electron chi connectivity index (χ4n) is 5.08. The number of likely N-dealkylation sites (N-methyl/N-ethyl adjacent to an activating group) is 1. The van der Waals surface area contributed by atoms with Gasteiger partial charge in [0.05, 0.1) is 22.6 Å². The van der Waals surface area contributed by atoms with E-state index in [-0.39, 0.29) is 34.8 Å². The smallest absolute Gasteiger partial charge is 0.273 e. The van der Waals surface area contributed by atoms with Crippen molar-refractivity contribution in [1.82, 2.24) is 10.2 Å². The Hall–Kier alpha value is -5.23. The van der Waals surface area contributed by atoms with Crippen molar-refractivity contribution in [2.75, 3.05) is 25.0 Å². The van der Waals surface area contributed by atoms with Crippen LogP contribution in [0.2, 0.25) is 0 Å². The number of nitrogens with zero attached hydrogens (tertiary/aromatic N) is 3. The summed E-state index contributed by atoms with van der Waals surface area (Å²) >= 11 is 0. The summed E-state index contributed by atoms with van der Waals surface area (Å²) in [6.07, 6.45) is 0.178. The summed E-state index contributed by atoms with van der Waals surface area (Å²) in [5, 5.41) is 14.3. The lowest BCUT2D eigenvalue weighted by Gasteiger charge is -2.33. The molecule has 1 atom stereocenters. The number of benzene rings is 4. The second-order valence-corrected chi connectivity index (χ2v) is 12.6. The van der Waals surface area contributed by atoms with E-state index in [1.165, 1.54) is 50.2 Å². The van der Waals surface area contributed by atoms with Gasteiger partial charge in [0, 0.05) is 31.6 Å². The number of anilines is 1. The number of nitrogens with one attached hydrogen (secondary N) is 1. The van der Waals surface area contributed by atoms with Crippen LogP contribution in [-0.2, 0) is 32.6 Å². The molecule has 0 aromatic heterocycles. The van der Waals surface area contributed by atoms with Gasteiger partial charge in [-0.15, -0.1) is 0 Å². The van der Waals surface area contributed by atoms with E-state index in [2.05, 4.69) is 5.32 Å². The van der Waals surface area contributed by atoms with E-state index in [9.17, 15) is 28.1 Å². The molecular formula is C34H36N4O7S. The van der Waals surface area contributed by atoms with Gasteiger partial charge < -0.3 is 15.0 Å². The number of hydrogen-bond donors (Lipinski definition) is 1. The van der Waals surface area contributed by atoms with Crippen LogP contribution in [0.5, 0.6) is 5.75 Å². The monoisotopic (exact) mass is 644 g/mol. The molecule has 1 N–H and O–H groups in total. The van der Waals surface area contributed by atoms with Crippen LogP contribution in [0.15, 0.2) is 102 Å². The molecule has 46 heavy (non-hydrogen) atoms. The first-order chi connectivity index (χ1) is 21.9. The molecule has 0 radical (unpaired) electrons. The second kappa shape index (κ2) is 14.7. The molecule has 4 aromatic carbocycles. The fourth-order valence-corrected chi connectivity index (χ4v) is 6.51. The summed E-state index contributed by atoms with van der Waals surface area (Å²) in [5.41, 5.74) is 2.56. The molecule has 1 unspecified atom stereocenters. The van der Waals surface area contributed by atoms with Crippen molar-refractivity contribution in [1.29, 1.82) is 0 Å². The molecule has 0 spiro atoms. The molecule has 0 aliphatic heterocycles. The molecule has 11 nitrogen and oxygen atoms in total. The lowest BCUT2D eigenvalue weighted by atomic mass is 10.0. The van der Waals surface area contributed by atoms with Gasteiger partial charge in [-0.05, 0) is 55.3 Å². The number of carbonyl (C=O) groups excluding carboxylic acids is 2. The van der Waals surface area contributed by atoms with Crippen LogP contribution in [0.4, 0.5) is 11.4 Å². The molecule has 0 aliphatic rings. The van der Waals surface area contributed by atoms with Gasteiger partial charge in [-0.3, -0.25) is 24.0 Å². The minimum atomic E-state index is -4.53. The third kappa shape index (κ3) is 7.88. The van der Waals surface area contributed by atoms with Gasteiger partial charge in [0.2, 0.25) is 11.8 Å². The zero-order valence-corrected chi connectivity index (χ0v) is 26.9. The number of aryl methyl sites for hydroxylation is 2. The zero-order valence-electron chi connectivity index (χ0n) is 26.0. The highest BCUT2D eigenvalue weighted by Crippen LogP contribution is 2.30. The SMILES string of the molecule is CNC(=O)C(Cc1ccccc1)N(Cc1cccc(C)c1)C(=O)CN(c1ccc(OC)cc1)S(=O)(=O)c1ccc(C)c([N+](=O)[O-])c1. The van der Waals surface area contributed by atoms with Gasteiger partial charge >= 0.3 is 0 Å². The first kappa shape index (κ1) is 33.7. The molecule has 0 heterocycles. The first-order valence-electron chi connectivity index (χ1n) is 14.5. The topological polar surface area (TPSA) is 139 Å². The van der Waals surface area contributed by atoms with E-state index in [4.69, 9.17) is 4.74 Å². The lowest BCUT2D eigenvalue weighted by Crippen LogP contribution is -2.53. The number of amides is 2. The van der Waals surface area contributed by atoms with E-state index in [1.807, 2.05) is 61.5 Å². The Balaban J connectivity index is 1.83. The molecule has 4 rings (SSSR count). The average molecular weight is 645 g/mol. The third-order valence-corrected chi connectivity index (χ3v) is 9.33. The predicted octanol–water partition coefficient (Wildman–Crippen LogP) is 4.80. The van der Waals surface area contributed by atoms with Crippen molar-refractivity contribution >= 4 is 33.2 Å². The molecule has 12 heteroatoms. The number of nitro groups is 1. The summed E-state index contributed by atoms with van der Waals surface area (Å²) in [4.78, 5) is 39.8. The van der Waals surface area contributed by atoms with Gasteiger partial charge in [0.15, 0.2) is 0 Å². The van der Waals surface area contributed by atoms with Gasteiger partial charge in [-0.25, -0.2) is 8.42 Å². The molecule has 0 saturated heterocycles. The number of hydrogen-bond acceptors (Lipinski definition) is 7. The third-order valence-electron chi connectivity index (χ3n) is 7.56. The van der Waals surface area contributed by atoms with Crippen LogP contribution in [0.3, 0.4) is 0 Å². The molecule has 2 amide bonds. The van der Waals surface area contributed by atoms with Gasteiger partial charge in [-0.2, -0.15) is 0 Å². The van der Waals surface area contributed by atoms with Crippen molar-refractivity contribution in [2.45, 2.75) is 37.8 Å². The lowest BCUT2D eigenvalue weighted by molar-refractivity contribution is -0.385. The maximum absolute atomic E-state index is 14.4. The Morgan fingerprint density at radius 1 is 0.913 bits per heavy atom. The van der Waals surface area contributed by atoms with Gasteiger partial charge in [0.25, 0.3) is 15.7 Å². The van der Waals surface area contributed by atoms with E-state index >= 15 is 0 Å². The molecule has 0 aliphatic carbocycles. The Labute approximate surface area is 268 Å². The zero-order chi connectivity index (χ0) is 33.4. The Kier molecular flexibility index (Phi) is 10.8. The molecule has 0 bridgehead atoms. The van der Waals surface area contributed by atoms with Crippen molar-refractivity contribution in [3.63, 3.8) is 0 Å². The van der Waals surface area contributed by atoms with Crippen molar-refractivity contribution in [2.24, 2.45) is 0 Å². The van der Waals surface area contributed by atoms with Crippen molar-refractivity contribution in [3.8, 4) is 5.75 Å². The Bertz CT molecular complexity index is 1810. The highest BCUT2D eigenvalue weighted by Gasteiger charge is 2.35. The van der Waals surface area contributed by atoms with Crippen LogP contribution in [0.25, 0.3) is 0 Å². The van der Waals surface area contributed by atoms with E-state index in [1.54, 1.807) is 12.1 Å². The largest absolute Gasteiger partial charge is 0.497 e. The minimum absolute atomic E-state index is 0.0257. The van der Waals surface area contributed by atoms with Gasteiger partial charge in [0.1, 0.15) is 18.3 Å². The van der Waals surface area contributed by atoms with Crippen LogP contribution >= 0.6 is 0 Å². The summed E-state index contributed by atoms with van der Waals surface area (Å²) in [6, 6.07) is 25.4. The number of rotatable bonds is 13. The molecule has 0 saturated carbocycles. The molecule has 4 aromatic rings. The van der Waals surface area contributed by atoms with Crippen molar-refractivity contribution < 1.29 is 27.7 Å². The van der Waals surface area contributed by atoms with Gasteiger partial charge in [-0.1, -0.05) is 66.2 Å². The quantitative estimate of drug-likeness (QED) is 0.163. The van der Waals surface area contributed by atoms with Crippen LogP contribution in [0, 0.1) is 24.0 Å². The second-order valence-electron chi connectivity index (χ2n) is 10.7. The van der Waals surface area contributed by atoms with Crippen LogP contribution < -0.4 is 14.4 Å². The fraction of sp³-hybridized carbons (Fsp3) is 0.235. The predicted molar refractivity (Wildman–Crippen MR) is 175 cm³/mol. The maximum atomic E-state index is 14.4. The van der Waals surface area contributed by atoms with E-state index < -0.39 is 39.3 Å². The number of carbonyl (C=O) groups is 2. The molecular weight excluding hydrogens is 608 g/mol. The Morgan fingerprint density at radius 3 is 2.20 bits per heavy atom. The summed E-state index contributed by atoms with van der Waals surface area (Å²) in [7, 11) is -1.58. The maximum Gasteiger partial charge on any atom is 0.273 e. The van der Waals surface area contributed by atoms with E-state index in [0.29, 0.717) is 5.75 Å². The standard InChI is InChI=1S/C34H36N4O7S/c1-24-9-8-12-27(19-24)22-36(32(34(40)35-3)20-26-10-6-5-7-11-26)33(39)23-37(28-14-16-29(45-4)17-15-28)46(43,44)30-18-13-25(2)31(21-30)38(41)42/h5-19,21,32H,20,22-23H2,1-4H3,(H,35,40).